The zero-order valence-electron chi connectivity index (χ0n) is 15.6. The van der Waals surface area contributed by atoms with Crippen LogP contribution in [0.3, 0.4) is 0 Å². The molecule has 0 aliphatic carbocycles. The van der Waals surface area contributed by atoms with Crippen molar-refractivity contribution in [1.82, 2.24) is 10.4 Å². The molecule has 2 N–H and O–H groups in total. The molecule has 28 heavy (non-hydrogen) atoms. The Morgan fingerprint density at radius 3 is 2.36 bits per heavy atom. The maximum Gasteiger partial charge on any atom is 0.271 e. The minimum Gasteiger partial charge on any atom is -0.322 e. The number of hydrogen-bond acceptors (Lipinski definition) is 4. The van der Waals surface area contributed by atoms with E-state index in [1.807, 2.05) is 44.2 Å². The molecule has 0 spiro atoms. The van der Waals surface area contributed by atoms with Gasteiger partial charge in [0, 0.05) is 22.5 Å². The Balaban J connectivity index is 1.59. The molecule has 2 amide bonds. The number of hydrogen-bond donors (Lipinski definition) is 2. The van der Waals surface area contributed by atoms with Crippen LogP contribution in [0.5, 0.6) is 0 Å². The molecule has 0 aliphatic rings. The monoisotopic (exact) mass is 372 g/mol. The summed E-state index contributed by atoms with van der Waals surface area (Å²) in [5.74, 6) is -0.545. The molecule has 3 aromatic rings. The number of benzene rings is 2. The van der Waals surface area contributed by atoms with E-state index in [9.17, 15) is 9.59 Å². The van der Waals surface area contributed by atoms with Gasteiger partial charge in [-0.2, -0.15) is 5.10 Å². The fourth-order valence-electron chi connectivity index (χ4n) is 2.55. The van der Waals surface area contributed by atoms with E-state index < -0.39 is 0 Å². The first kappa shape index (κ1) is 19.0. The summed E-state index contributed by atoms with van der Waals surface area (Å²) in [7, 11) is 0. The van der Waals surface area contributed by atoms with Crippen molar-refractivity contribution in [2.75, 3.05) is 5.32 Å². The summed E-state index contributed by atoms with van der Waals surface area (Å²) in [6, 6.07) is 19.5. The quantitative estimate of drug-likeness (QED) is 0.529. The van der Waals surface area contributed by atoms with Gasteiger partial charge in [-0.1, -0.05) is 23.8 Å². The van der Waals surface area contributed by atoms with Crippen molar-refractivity contribution in [1.29, 1.82) is 0 Å². The lowest BCUT2D eigenvalue weighted by atomic mass is 10.1. The average molecular weight is 372 g/mol. The highest BCUT2D eigenvalue weighted by Gasteiger charge is 2.08. The van der Waals surface area contributed by atoms with Crippen molar-refractivity contribution >= 4 is 23.7 Å². The largest absolute Gasteiger partial charge is 0.322 e. The van der Waals surface area contributed by atoms with Gasteiger partial charge < -0.3 is 5.32 Å². The van der Waals surface area contributed by atoms with E-state index in [0.717, 1.165) is 11.3 Å². The summed E-state index contributed by atoms with van der Waals surface area (Å²) in [4.78, 5) is 28.7. The van der Waals surface area contributed by atoms with Crippen molar-refractivity contribution in [2.24, 2.45) is 5.10 Å². The molecular formula is C22H20N4O2. The molecule has 0 aliphatic heterocycles. The Labute approximate surface area is 163 Å². The van der Waals surface area contributed by atoms with Crippen LogP contribution < -0.4 is 10.7 Å². The van der Waals surface area contributed by atoms with E-state index in [1.165, 1.54) is 6.21 Å². The number of nitrogens with zero attached hydrogens (tertiary/aromatic N) is 2. The van der Waals surface area contributed by atoms with Crippen LogP contribution in [0.2, 0.25) is 0 Å². The van der Waals surface area contributed by atoms with Gasteiger partial charge in [0.05, 0.1) is 11.9 Å². The van der Waals surface area contributed by atoms with Gasteiger partial charge >= 0.3 is 0 Å². The zero-order chi connectivity index (χ0) is 19.9. The van der Waals surface area contributed by atoms with E-state index >= 15 is 0 Å². The lowest BCUT2D eigenvalue weighted by molar-refractivity contribution is 0.0954. The minimum absolute atomic E-state index is 0.198. The second-order valence-electron chi connectivity index (χ2n) is 6.30. The zero-order valence-corrected chi connectivity index (χ0v) is 15.6. The van der Waals surface area contributed by atoms with Gasteiger partial charge in [-0.15, -0.1) is 0 Å². The summed E-state index contributed by atoms with van der Waals surface area (Å²) >= 11 is 0. The predicted octanol–water partition coefficient (Wildman–Crippen LogP) is 3.71. The molecule has 0 bridgehead atoms. The van der Waals surface area contributed by atoms with Gasteiger partial charge in [0.2, 0.25) is 0 Å². The number of nitrogens with one attached hydrogen (secondary N) is 2. The third-order valence-electron chi connectivity index (χ3n) is 3.96. The van der Waals surface area contributed by atoms with Crippen molar-refractivity contribution in [3.63, 3.8) is 0 Å². The van der Waals surface area contributed by atoms with Crippen LogP contribution in [0, 0.1) is 13.8 Å². The van der Waals surface area contributed by atoms with Gasteiger partial charge in [-0.05, 0) is 62.4 Å². The molecule has 1 heterocycles. The molecule has 2 aromatic carbocycles. The van der Waals surface area contributed by atoms with E-state index in [2.05, 4.69) is 20.8 Å². The molecule has 0 atom stereocenters. The smallest absolute Gasteiger partial charge is 0.271 e. The maximum absolute atomic E-state index is 12.3. The normalized spacial score (nSPS) is 10.6. The van der Waals surface area contributed by atoms with Crippen molar-refractivity contribution in [2.45, 2.75) is 13.8 Å². The van der Waals surface area contributed by atoms with Crippen molar-refractivity contribution in [3.05, 3.63) is 94.8 Å². The Bertz CT molecular complexity index is 1030. The summed E-state index contributed by atoms with van der Waals surface area (Å²) in [5.41, 5.74) is 6.64. The summed E-state index contributed by atoms with van der Waals surface area (Å²) in [6.45, 7) is 3.82. The number of carbonyl (C=O) groups is 2. The average Bonchev–Trinajstić information content (AvgIpc) is 2.68. The van der Waals surface area contributed by atoms with Crippen LogP contribution in [-0.4, -0.2) is 23.0 Å². The number of anilines is 1. The van der Waals surface area contributed by atoms with Crippen LogP contribution in [-0.2, 0) is 0 Å². The summed E-state index contributed by atoms with van der Waals surface area (Å²) in [6.07, 6.45) is 1.49. The highest BCUT2D eigenvalue weighted by molar-refractivity contribution is 6.04. The molecule has 0 radical (unpaired) electrons. The fourth-order valence-corrected chi connectivity index (χ4v) is 2.55. The molecule has 0 unspecified atom stereocenters. The summed E-state index contributed by atoms with van der Waals surface area (Å²) < 4.78 is 0. The maximum atomic E-state index is 12.3. The third-order valence-corrected chi connectivity index (χ3v) is 3.96. The predicted molar refractivity (Wildman–Crippen MR) is 110 cm³/mol. The van der Waals surface area contributed by atoms with Crippen LogP contribution in [0.15, 0.2) is 71.8 Å². The second kappa shape index (κ2) is 8.73. The lowest BCUT2D eigenvalue weighted by Gasteiger charge is -2.07. The molecular weight excluding hydrogens is 352 g/mol. The summed E-state index contributed by atoms with van der Waals surface area (Å²) in [5, 5.41) is 6.73. The molecule has 0 saturated heterocycles. The van der Waals surface area contributed by atoms with Gasteiger partial charge in [-0.25, -0.2) is 5.43 Å². The third kappa shape index (κ3) is 5.11. The van der Waals surface area contributed by atoms with Crippen molar-refractivity contribution in [3.8, 4) is 0 Å². The SMILES string of the molecule is Cc1cccc(C(=O)Nc2ccc(C(=O)N/N=C\c3cccc(C)n3)cc2)c1. The number of carbonyl (C=O) groups excluding carboxylic acids is 2. The van der Waals surface area contributed by atoms with E-state index in [4.69, 9.17) is 0 Å². The Hall–Kier alpha value is -3.80. The number of aromatic nitrogens is 1. The highest BCUT2D eigenvalue weighted by atomic mass is 16.2. The Kier molecular flexibility index (Phi) is 5.91. The first-order chi connectivity index (χ1) is 13.5. The van der Waals surface area contributed by atoms with Crippen molar-refractivity contribution < 1.29 is 9.59 Å². The van der Waals surface area contributed by atoms with E-state index in [1.54, 1.807) is 36.4 Å². The standard InChI is InChI=1S/C22H20N4O2/c1-15-5-3-7-18(13-15)21(27)25-19-11-9-17(10-12-19)22(28)26-23-14-20-8-4-6-16(2)24-20/h3-14H,1-2H3,(H,25,27)(H,26,28)/b23-14-. The first-order valence-electron chi connectivity index (χ1n) is 8.76. The first-order valence-corrected chi connectivity index (χ1v) is 8.76. The van der Waals surface area contributed by atoms with E-state index in [-0.39, 0.29) is 11.8 Å². The molecule has 1 aromatic heterocycles. The number of pyridine rings is 1. The Morgan fingerprint density at radius 2 is 1.64 bits per heavy atom. The number of rotatable bonds is 5. The fraction of sp³-hybridized carbons (Fsp3) is 0.0909. The minimum atomic E-state index is -0.347. The number of aryl methyl sites for hydroxylation is 2. The molecule has 0 fully saturated rings. The van der Waals surface area contributed by atoms with Gasteiger partial charge in [0.1, 0.15) is 0 Å². The van der Waals surface area contributed by atoms with Gasteiger partial charge in [-0.3, -0.25) is 14.6 Å². The number of hydrazone groups is 1. The topological polar surface area (TPSA) is 83.5 Å². The number of amides is 2. The second-order valence-corrected chi connectivity index (χ2v) is 6.30. The molecule has 0 saturated carbocycles. The van der Waals surface area contributed by atoms with Crippen LogP contribution >= 0.6 is 0 Å². The van der Waals surface area contributed by atoms with E-state index in [0.29, 0.717) is 22.5 Å². The van der Waals surface area contributed by atoms with Crippen LogP contribution in [0.25, 0.3) is 0 Å². The Morgan fingerprint density at radius 1 is 0.893 bits per heavy atom. The molecule has 6 nitrogen and oxygen atoms in total. The molecule has 140 valence electrons. The molecule has 3 rings (SSSR count). The van der Waals surface area contributed by atoms with Gasteiger partial charge in [0.15, 0.2) is 0 Å². The molecule has 6 heteroatoms. The lowest BCUT2D eigenvalue weighted by Crippen LogP contribution is -2.18. The van der Waals surface area contributed by atoms with Crippen LogP contribution in [0.4, 0.5) is 5.69 Å². The van der Waals surface area contributed by atoms with Crippen LogP contribution in [0.1, 0.15) is 37.7 Å². The van der Waals surface area contributed by atoms with Gasteiger partial charge in [0.25, 0.3) is 11.8 Å². The highest BCUT2D eigenvalue weighted by Crippen LogP contribution is 2.12.